The van der Waals surface area contributed by atoms with E-state index in [4.69, 9.17) is 29.0 Å². The van der Waals surface area contributed by atoms with Gasteiger partial charge in [0.1, 0.15) is 25.4 Å². The highest BCUT2D eigenvalue weighted by atomic mass is 31.2. The van der Waals surface area contributed by atoms with Crippen LogP contribution in [0.15, 0.2) is 59.4 Å². The number of benzene rings is 1. The summed E-state index contributed by atoms with van der Waals surface area (Å²) in [5.74, 6) is -0.458. The van der Waals surface area contributed by atoms with Crippen LogP contribution in [0.5, 0.6) is 0 Å². The van der Waals surface area contributed by atoms with Gasteiger partial charge in [-0.1, -0.05) is 12.1 Å². The first-order valence-corrected chi connectivity index (χ1v) is 12.3. The van der Waals surface area contributed by atoms with Crippen molar-refractivity contribution in [1.82, 2.24) is 19.5 Å². The van der Waals surface area contributed by atoms with Crippen LogP contribution in [0.1, 0.15) is 5.56 Å². The van der Waals surface area contributed by atoms with Crippen molar-refractivity contribution >= 4 is 24.7 Å². The first-order chi connectivity index (χ1) is 17.3. The number of ether oxygens (including phenoxy) is 3. The fourth-order valence-corrected chi connectivity index (χ4v) is 4.42. The topological polar surface area (TPSA) is 173 Å². The van der Waals surface area contributed by atoms with Crippen molar-refractivity contribution in [2.24, 2.45) is 0 Å². The molecule has 13 nitrogen and oxygen atoms in total. The van der Waals surface area contributed by atoms with E-state index < -0.39 is 31.9 Å². The van der Waals surface area contributed by atoms with E-state index in [1.54, 1.807) is 10.6 Å². The molecule has 0 radical (unpaired) electrons. The zero-order valence-electron chi connectivity index (χ0n) is 18.9. The molecule has 2 aromatic heterocycles. The van der Waals surface area contributed by atoms with Crippen LogP contribution in [-0.4, -0.2) is 50.8 Å². The number of rotatable bonds is 12. The van der Waals surface area contributed by atoms with Crippen molar-refractivity contribution in [2.45, 2.75) is 13.2 Å². The van der Waals surface area contributed by atoms with Crippen molar-refractivity contribution < 1.29 is 37.3 Å². The third-order valence-electron chi connectivity index (χ3n) is 4.86. The van der Waals surface area contributed by atoms with Gasteiger partial charge in [0.2, 0.25) is 5.95 Å². The Hall–Kier alpha value is -3.55. The molecule has 192 valence electrons. The Balaban J connectivity index is 1.41. The molecule has 1 aliphatic heterocycles. The second-order valence-corrected chi connectivity index (χ2v) is 9.46. The summed E-state index contributed by atoms with van der Waals surface area (Å²) in [7, 11) is -3.92. The maximum absolute atomic E-state index is 13.5. The largest absolute Gasteiger partial charge is 0.425 e. The Morgan fingerprint density at radius 3 is 2.81 bits per heavy atom. The quantitative estimate of drug-likeness (QED) is 0.234. The summed E-state index contributed by atoms with van der Waals surface area (Å²) >= 11 is 0. The minimum absolute atomic E-state index is 0.0253. The van der Waals surface area contributed by atoms with Crippen LogP contribution < -0.4 is 11.3 Å². The highest BCUT2D eigenvalue weighted by Crippen LogP contribution is 2.49. The second-order valence-electron chi connectivity index (χ2n) is 7.47. The van der Waals surface area contributed by atoms with Crippen LogP contribution in [-0.2, 0) is 41.0 Å². The average molecular weight is 523 g/mol. The van der Waals surface area contributed by atoms with Gasteiger partial charge in [0.05, 0.1) is 19.5 Å². The van der Waals surface area contributed by atoms with Gasteiger partial charge in [0.25, 0.3) is 11.5 Å². The van der Waals surface area contributed by atoms with Gasteiger partial charge in [-0.2, -0.15) is 4.98 Å². The number of nitrogens with zero attached hydrogens (tertiary/aromatic N) is 3. The van der Waals surface area contributed by atoms with E-state index in [1.807, 2.05) is 0 Å². The summed E-state index contributed by atoms with van der Waals surface area (Å²) in [5.41, 5.74) is 5.93. The molecule has 0 aliphatic carbocycles. The lowest BCUT2D eigenvalue weighted by Gasteiger charge is -2.19. The molecule has 3 aromatic rings. The highest BCUT2D eigenvalue weighted by molar-refractivity contribution is 7.53. The SMILES string of the molecule is C=C1OC(CO)=C(COP(=O)(COCCn2cnc3c(=O)[nH]c(N)nc32)OCc2cccc(F)c2)O1. The molecule has 0 amide bonds. The van der Waals surface area contributed by atoms with E-state index in [0.29, 0.717) is 5.56 Å². The number of aliphatic hydroxyl groups is 1. The zero-order chi connectivity index (χ0) is 25.7. The molecule has 0 saturated heterocycles. The number of nitrogen functional groups attached to an aromatic ring is 1. The number of nitrogens with one attached hydrogen (secondary N) is 1. The number of aliphatic hydroxyl groups excluding tert-OH is 1. The van der Waals surface area contributed by atoms with Crippen molar-refractivity contribution in [3.05, 3.63) is 76.4 Å². The fourth-order valence-electron chi connectivity index (χ4n) is 3.18. The van der Waals surface area contributed by atoms with Crippen molar-refractivity contribution in [1.29, 1.82) is 0 Å². The summed E-state index contributed by atoms with van der Waals surface area (Å²) in [6.07, 6.45) is 0.939. The van der Waals surface area contributed by atoms with Crippen LogP contribution in [0.3, 0.4) is 0 Å². The van der Waals surface area contributed by atoms with Gasteiger partial charge in [0.15, 0.2) is 22.7 Å². The molecular weight excluding hydrogens is 500 g/mol. The van der Waals surface area contributed by atoms with Crippen LogP contribution in [0.25, 0.3) is 11.2 Å². The smallest absolute Gasteiger partial charge is 0.356 e. The zero-order valence-corrected chi connectivity index (χ0v) is 19.8. The minimum Gasteiger partial charge on any atom is -0.425 e. The molecule has 1 unspecified atom stereocenters. The number of fused-ring (bicyclic) bond motifs is 1. The van der Waals surface area contributed by atoms with E-state index in [2.05, 4.69) is 21.5 Å². The summed E-state index contributed by atoms with van der Waals surface area (Å²) < 4.78 is 55.3. The maximum Gasteiger partial charge on any atom is 0.356 e. The normalized spacial score (nSPS) is 15.2. The van der Waals surface area contributed by atoms with E-state index in [9.17, 15) is 18.9 Å². The van der Waals surface area contributed by atoms with E-state index in [-0.39, 0.29) is 60.9 Å². The summed E-state index contributed by atoms with van der Waals surface area (Å²) in [5, 5.41) is 9.37. The number of hydrogen-bond acceptors (Lipinski definition) is 11. The third-order valence-corrected chi connectivity index (χ3v) is 6.40. The highest BCUT2D eigenvalue weighted by Gasteiger charge is 2.29. The van der Waals surface area contributed by atoms with Crippen LogP contribution in [0.2, 0.25) is 0 Å². The molecule has 15 heteroatoms. The molecule has 0 saturated carbocycles. The molecule has 4 N–H and O–H groups in total. The molecular formula is C21H23FN5O8P. The number of aromatic amines is 1. The van der Waals surface area contributed by atoms with Crippen LogP contribution in [0, 0.1) is 5.82 Å². The molecule has 0 fully saturated rings. The predicted octanol–water partition coefficient (Wildman–Crippen LogP) is 1.96. The van der Waals surface area contributed by atoms with E-state index >= 15 is 0 Å². The first-order valence-electron chi connectivity index (χ1n) is 10.5. The number of anilines is 1. The molecule has 3 heterocycles. The third kappa shape index (κ3) is 6.17. The lowest BCUT2D eigenvalue weighted by Crippen LogP contribution is -2.13. The number of hydrogen-bond donors (Lipinski definition) is 3. The first kappa shape index (κ1) is 25.5. The summed E-state index contributed by atoms with van der Waals surface area (Å²) in [6.45, 7) is 2.66. The lowest BCUT2D eigenvalue weighted by molar-refractivity contribution is 0.114. The van der Waals surface area contributed by atoms with E-state index in [0.717, 1.165) is 0 Å². The Bertz CT molecular complexity index is 1400. The van der Waals surface area contributed by atoms with Gasteiger partial charge in [0, 0.05) is 6.54 Å². The number of aromatic nitrogens is 4. The Morgan fingerprint density at radius 2 is 2.03 bits per heavy atom. The van der Waals surface area contributed by atoms with Crippen LogP contribution in [0.4, 0.5) is 10.3 Å². The lowest BCUT2D eigenvalue weighted by atomic mass is 10.2. The number of halogens is 1. The Kier molecular flexibility index (Phi) is 7.82. The standard InChI is InChI=1S/C21H23FN5O8P/c1-13-34-16(8-28)17(35-13)10-33-36(30,32-9-14-3-2-4-15(22)7-14)12-31-6-5-27-11-24-18-19(27)25-21(23)26-20(18)29/h2-4,7,11,28H,1,5-6,8-10,12H2,(H3,23,25,26,29). The van der Waals surface area contributed by atoms with Gasteiger partial charge >= 0.3 is 7.60 Å². The summed E-state index contributed by atoms with van der Waals surface area (Å²) in [4.78, 5) is 22.3. The molecule has 1 aliphatic rings. The molecule has 1 atom stereocenters. The van der Waals surface area contributed by atoms with Gasteiger partial charge in [-0.25, -0.2) is 9.37 Å². The van der Waals surface area contributed by atoms with E-state index in [1.165, 1.54) is 24.5 Å². The molecule has 0 spiro atoms. The maximum atomic E-state index is 13.5. The molecule has 36 heavy (non-hydrogen) atoms. The number of nitrogens with two attached hydrogens (primary N) is 1. The average Bonchev–Trinajstić information content (AvgIpc) is 3.42. The molecule has 0 bridgehead atoms. The Labute approximate surface area is 203 Å². The van der Waals surface area contributed by atoms with Gasteiger partial charge in [-0.15, -0.1) is 0 Å². The summed E-state index contributed by atoms with van der Waals surface area (Å²) in [6, 6.07) is 5.60. The van der Waals surface area contributed by atoms with Gasteiger partial charge < -0.3 is 34.1 Å². The number of H-pyrrole nitrogens is 1. The van der Waals surface area contributed by atoms with Gasteiger partial charge in [-0.3, -0.25) is 18.9 Å². The molecule has 4 rings (SSSR count). The fraction of sp³-hybridized carbons (Fsp3) is 0.286. The Morgan fingerprint density at radius 1 is 1.25 bits per heavy atom. The monoisotopic (exact) mass is 523 g/mol. The van der Waals surface area contributed by atoms with Crippen molar-refractivity contribution in [2.75, 3.05) is 31.9 Å². The predicted molar refractivity (Wildman–Crippen MR) is 124 cm³/mol. The van der Waals surface area contributed by atoms with Crippen molar-refractivity contribution in [3.8, 4) is 0 Å². The second kappa shape index (κ2) is 11.0. The number of imidazole rings is 1. The molecule has 1 aromatic carbocycles. The minimum atomic E-state index is -3.92. The van der Waals surface area contributed by atoms with Crippen molar-refractivity contribution in [3.63, 3.8) is 0 Å². The van der Waals surface area contributed by atoms with Gasteiger partial charge in [-0.05, 0) is 24.3 Å². The van der Waals surface area contributed by atoms with Crippen LogP contribution >= 0.6 is 7.60 Å².